The highest BCUT2D eigenvalue weighted by molar-refractivity contribution is 5.29. The molecule has 72 valence electrons. The van der Waals surface area contributed by atoms with E-state index in [1.807, 2.05) is 6.92 Å². The molecule has 2 heteroatoms. The van der Waals surface area contributed by atoms with Gasteiger partial charge in [0.25, 0.3) is 0 Å². The molecule has 0 amide bonds. The molecule has 0 atom stereocenters. The van der Waals surface area contributed by atoms with Gasteiger partial charge in [-0.2, -0.15) is 0 Å². The van der Waals surface area contributed by atoms with Crippen molar-refractivity contribution < 1.29 is 8.78 Å². The predicted octanol–water partition coefficient (Wildman–Crippen LogP) is 3.59. The molecular weight excluding hydrogens is 170 g/mol. The van der Waals surface area contributed by atoms with E-state index in [0.29, 0.717) is 0 Å². The molecule has 1 aromatic carbocycles. The number of halogens is 2. The lowest BCUT2D eigenvalue weighted by molar-refractivity contribution is 0.213. The lowest BCUT2D eigenvalue weighted by atomic mass is 9.97. The zero-order valence-electron chi connectivity index (χ0n) is 8.20. The van der Waals surface area contributed by atoms with Gasteiger partial charge in [-0.05, 0) is 38.0 Å². The van der Waals surface area contributed by atoms with Gasteiger partial charge in [0.2, 0.25) is 0 Å². The molecule has 1 aromatic rings. The second kappa shape index (κ2) is 3.44. The molecule has 0 unspecified atom stereocenters. The number of hydrogen-bond acceptors (Lipinski definition) is 0. The van der Waals surface area contributed by atoms with Gasteiger partial charge in [-0.15, -0.1) is 0 Å². The lowest BCUT2D eigenvalue weighted by Crippen LogP contribution is -2.12. The molecule has 0 nitrogen and oxygen atoms in total. The Hall–Kier alpha value is -0.920. The maximum atomic E-state index is 13.5. The summed E-state index contributed by atoms with van der Waals surface area (Å²) >= 11 is 0. The average molecular weight is 184 g/mol. The molecule has 0 radical (unpaired) electrons. The standard InChI is InChI=1S/C11H14F2/c1-4-8-5-6-10(12)9(7-8)11(2,3)13/h5-7H,4H2,1-3H3. The van der Waals surface area contributed by atoms with Gasteiger partial charge in [0.15, 0.2) is 0 Å². The molecule has 13 heavy (non-hydrogen) atoms. The lowest BCUT2D eigenvalue weighted by Gasteiger charge is -2.16. The Kier molecular flexibility index (Phi) is 2.69. The molecule has 0 aliphatic rings. The zero-order valence-corrected chi connectivity index (χ0v) is 8.20. The summed E-state index contributed by atoms with van der Waals surface area (Å²) in [7, 11) is 0. The molecule has 0 fully saturated rings. The summed E-state index contributed by atoms with van der Waals surface area (Å²) in [4.78, 5) is 0. The van der Waals surface area contributed by atoms with Crippen LogP contribution in [-0.2, 0) is 12.1 Å². The van der Waals surface area contributed by atoms with E-state index in [1.54, 1.807) is 12.1 Å². The summed E-state index contributed by atoms with van der Waals surface area (Å²) in [6, 6.07) is 4.61. The first-order valence-electron chi connectivity index (χ1n) is 4.43. The third-order valence-corrected chi connectivity index (χ3v) is 2.08. The van der Waals surface area contributed by atoms with Gasteiger partial charge in [-0.3, -0.25) is 0 Å². The second-order valence-corrected chi connectivity index (χ2v) is 3.64. The van der Waals surface area contributed by atoms with E-state index in [9.17, 15) is 8.78 Å². The van der Waals surface area contributed by atoms with Crippen molar-refractivity contribution in [2.45, 2.75) is 32.9 Å². The summed E-state index contributed by atoms with van der Waals surface area (Å²) in [5.74, 6) is -0.468. The first kappa shape index (κ1) is 10.2. The Morgan fingerprint density at radius 3 is 2.38 bits per heavy atom. The van der Waals surface area contributed by atoms with Crippen LogP contribution in [0.4, 0.5) is 8.78 Å². The van der Waals surface area contributed by atoms with Crippen LogP contribution in [0.1, 0.15) is 31.9 Å². The number of alkyl halides is 1. The van der Waals surface area contributed by atoms with Gasteiger partial charge in [-0.1, -0.05) is 13.0 Å². The largest absolute Gasteiger partial charge is 0.239 e. The van der Waals surface area contributed by atoms with Crippen molar-refractivity contribution in [3.05, 3.63) is 35.1 Å². The summed E-state index contributed by atoms with van der Waals surface area (Å²) in [5.41, 5.74) is -0.496. The van der Waals surface area contributed by atoms with Crippen LogP contribution in [0, 0.1) is 5.82 Å². The maximum Gasteiger partial charge on any atom is 0.133 e. The fourth-order valence-electron chi connectivity index (χ4n) is 1.25. The van der Waals surface area contributed by atoms with Crippen LogP contribution < -0.4 is 0 Å². The molecule has 0 heterocycles. The third kappa shape index (κ3) is 2.27. The van der Waals surface area contributed by atoms with Gasteiger partial charge >= 0.3 is 0 Å². The van der Waals surface area contributed by atoms with Gasteiger partial charge < -0.3 is 0 Å². The van der Waals surface area contributed by atoms with Gasteiger partial charge in [-0.25, -0.2) is 8.78 Å². The number of hydrogen-bond donors (Lipinski definition) is 0. The molecule has 0 aliphatic heterocycles. The average Bonchev–Trinajstić information content (AvgIpc) is 2.03. The second-order valence-electron chi connectivity index (χ2n) is 3.64. The minimum atomic E-state index is -1.60. The predicted molar refractivity (Wildman–Crippen MR) is 49.9 cm³/mol. The minimum Gasteiger partial charge on any atom is -0.239 e. The highest BCUT2D eigenvalue weighted by Crippen LogP contribution is 2.27. The first-order valence-corrected chi connectivity index (χ1v) is 4.43. The fourth-order valence-corrected chi connectivity index (χ4v) is 1.25. The maximum absolute atomic E-state index is 13.5. The van der Waals surface area contributed by atoms with Crippen LogP contribution in [-0.4, -0.2) is 0 Å². The van der Waals surface area contributed by atoms with Crippen molar-refractivity contribution in [1.82, 2.24) is 0 Å². The van der Waals surface area contributed by atoms with Crippen LogP contribution in [0.5, 0.6) is 0 Å². The monoisotopic (exact) mass is 184 g/mol. The molecule has 0 aromatic heterocycles. The quantitative estimate of drug-likeness (QED) is 0.658. The summed E-state index contributed by atoms with van der Waals surface area (Å²) < 4.78 is 26.6. The van der Waals surface area contributed by atoms with Crippen molar-refractivity contribution in [3.8, 4) is 0 Å². The van der Waals surface area contributed by atoms with Crippen LogP contribution in [0.2, 0.25) is 0 Å². The zero-order chi connectivity index (χ0) is 10.1. The molecule has 0 N–H and O–H groups in total. The van der Waals surface area contributed by atoms with E-state index in [0.717, 1.165) is 12.0 Å². The van der Waals surface area contributed by atoms with E-state index in [1.165, 1.54) is 19.9 Å². The van der Waals surface area contributed by atoms with Crippen molar-refractivity contribution in [1.29, 1.82) is 0 Å². The van der Waals surface area contributed by atoms with Crippen LogP contribution in [0.25, 0.3) is 0 Å². The Morgan fingerprint density at radius 1 is 1.31 bits per heavy atom. The van der Waals surface area contributed by atoms with Gasteiger partial charge in [0.1, 0.15) is 11.5 Å². The molecule has 0 aliphatic carbocycles. The molecule has 0 saturated heterocycles. The summed E-state index contributed by atoms with van der Waals surface area (Å²) in [6.45, 7) is 4.69. The van der Waals surface area contributed by atoms with Crippen LogP contribution >= 0.6 is 0 Å². The normalized spacial score (nSPS) is 11.8. The highest BCUT2D eigenvalue weighted by atomic mass is 19.1. The number of rotatable bonds is 2. The molecule has 0 saturated carbocycles. The van der Waals surface area contributed by atoms with E-state index < -0.39 is 11.5 Å². The Labute approximate surface area is 77.6 Å². The third-order valence-electron chi connectivity index (χ3n) is 2.08. The van der Waals surface area contributed by atoms with E-state index in [4.69, 9.17) is 0 Å². The van der Waals surface area contributed by atoms with Gasteiger partial charge in [0.05, 0.1) is 0 Å². The van der Waals surface area contributed by atoms with E-state index in [-0.39, 0.29) is 5.56 Å². The first-order chi connectivity index (χ1) is 5.95. The van der Waals surface area contributed by atoms with Crippen LogP contribution in [0.3, 0.4) is 0 Å². The SMILES string of the molecule is CCc1ccc(F)c(C(C)(C)F)c1. The van der Waals surface area contributed by atoms with E-state index in [2.05, 4.69) is 0 Å². The van der Waals surface area contributed by atoms with Crippen molar-refractivity contribution in [3.63, 3.8) is 0 Å². The molecule has 0 bridgehead atoms. The number of aryl methyl sites for hydroxylation is 1. The molecule has 0 spiro atoms. The Bertz CT molecular complexity index is 297. The highest BCUT2D eigenvalue weighted by Gasteiger charge is 2.22. The fraction of sp³-hybridized carbons (Fsp3) is 0.455. The van der Waals surface area contributed by atoms with Crippen molar-refractivity contribution >= 4 is 0 Å². The summed E-state index contributed by atoms with van der Waals surface area (Å²) in [6.07, 6.45) is 0.795. The smallest absolute Gasteiger partial charge is 0.133 e. The number of benzene rings is 1. The van der Waals surface area contributed by atoms with Crippen LogP contribution in [0.15, 0.2) is 18.2 Å². The Morgan fingerprint density at radius 2 is 1.92 bits per heavy atom. The molecule has 1 rings (SSSR count). The summed E-state index contributed by atoms with van der Waals surface area (Å²) in [5, 5.41) is 0. The van der Waals surface area contributed by atoms with Gasteiger partial charge in [0, 0.05) is 5.56 Å². The van der Waals surface area contributed by atoms with Crippen molar-refractivity contribution in [2.75, 3.05) is 0 Å². The van der Waals surface area contributed by atoms with E-state index >= 15 is 0 Å². The minimum absolute atomic E-state index is 0.145. The molecular formula is C11H14F2. The Balaban J connectivity index is 3.19. The topological polar surface area (TPSA) is 0 Å². The van der Waals surface area contributed by atoms with Crippen molar-refractivity contribution in [2.24, 2.45) is 0 Å².